The van der Waals surface area contributed by atoms with Crippen LogP contribution < -0.4 is 9.47 Å². The number of amidine groups is 1. The smallest absolute Gasteiger partial charge is 0.161 e. The van der Waals surface area contributed by atoms with E-state index in [-0.39, 0.29) is 0 Å². The van der Waals surface area contributed by atoms with Crippen LogP contribution in [0.4, 0.5) is 0 Å². The molecule has 30 heavy (non-hydrogen) atoms. The van der Waals surface area contributed by atoms with Gasteiger partial charge in [-0.2, -0.15) is 5.10 Å². The van der Waals surface area contributed by atoms with E-state index >= 15 is 0 Å². The average molecular weight is 409 g/mol. The maximum Gasteiger partial charge on any atom is 0.161 e. The third-order valence-electron chi connectivity index (χ3n) is 5.74. The highest BCUT2D eigenvalue weighted by Gasteiger charge is 2.28. The van der Waals surface area contributed by atoms with Gasteiger partial charge in [-0.3, -0.25) is 5.41 Å². The van der Waals surface area contributed by atoms with Crippen LogP contribution in [-0.2, 0) is 6.42 Å². The summed E-state index contributed by atoms with van der Waals surface area (Å²) in [6.07, 6.45) is 8.94. The summed E-state index contributed by atoms with van der Waals surface area (Å²) in [7, 11) is 3.31. The molecule has 1 fully saturated rings. The molecule has 0 amide bonds. The zero-order valence-corrected chi connectivity index (χ0v) is 18.7. The van der Waals surface area contributed by atoms with Crippen molar-refractivity contribution >= 4 is 11.5 Å². The van der Waals surface area contributed by atoms with Crippen molar-refractivity contribution in [2.75, 3.05) is 20.8 Å². The number of nitrogens with one attached hydrogen (secondary N) is 1. The third-order valence-corrected chi connectivity index (χ3v) is 5.74. The van der Waals surface area contributed by atoms with E-state index in [1.54, 1.807) is 14.2 Å². The van der Waals surface area contributed by atoms with Gasteiger partial charge in [0.05, 0.1) is 31.5 Å². The Bertz CT molecular complexity index is 929. The van der Waals surface area contributed by atoms with Gasteiger partial charge in [0.1, 0.15) is 0 Å². The quantitative estimate of drug-likeness (QED) is 0.546. The number of nitrogens with zero attached hydrogens (tertiary/aromatic N) is 3. The van der Waals surface area contributed by atoms with Crippen molar-refractivity contribution in [3.63, 3.8) is 0 Å². The number of hydrogen-bond donors (Lipinski definition) is 1. The lowest BCUT2D eigenvalue weighted by Gasteiger charge is -2.28. The molecule has 0 spiro atoms. The summed E-state index contributed by atoms with van der Waals surface area (Å²) in [4.78, 5) is 2.19. The number of rotatable bonds is 6. The van der Waals surface area contributed by atoms with Crippen molar-refractivity contribution in [2.45, 2.75) is 46.1 Å². The third kappa shape index (κ3) is 4.27. The number of hydrogen-bond acceptors (Lipinski definition) is 5. The van der Waals surface area contributed by atoms with E-state index in [1.165, 1.54) is 0 Å². The number of ether oxygens (including phenoxy) is 2. The van der Waals surface area contributed by atoms with Crippen LogP contribution in [0, 0.1) is 5.41 Å². The maximum absolute atomic E-state index is 8.12. The van der Waals surface area contributed by atoms with Gasteiger partial charge in [0, 0.05) is 24.4 Å². The van der Waals surface area contributed by atoms with Crippen LogP contribution in [0.3, 0.4) is 0 Å². The molecule has 3 rings (SSSR count). The molecule has 6 nitrogen and oxygen atoms in total. The Balaban J connectivity index is 2.09. The number of methoxy groups -OCH3 is 2. The molecule has 1 aromatic carbocycles. The van der Waals surface area contributed by atoms with Crippen molar-refractivity contribution in [3.8, 4) is 11.5 Å². The van der Waals surface area contributed by atoms with Crippen LogP contribution in [0.15, 0.2) is 53.4 Å². The molecule has 0 radical (unpaired) electrons. The van der Waals surface area contributed by atoms with Crippen LogP contribution in [0.25, 0.3) is 0 Å². The van der Waals surface area contributed by atoms with E-state index in [1.807, 2.05) is 44.1 Å². The van der Waals surface area contributed by atoms with Crippen molar-refractivity contribution in [1.82, 2.24) is 9.91 Å². The molecule has 6 heteroatoms. The normalized spacial score (nSPS) is 19.2. The van der Waals surface area contributed by atoms with Crippen LogP contribution in [0.1, 0.15) is 44.7 Å². The molecule has 2 aliphatic rings. The fourth-order valence-corrected chi connectivity index (χ4v) is 4.14. The summed E-state index contributed by atoms with van der Waals surface area (Å²) in [6, 6.07) is 4.36. The van der Waals surface area contributed by atoms with Crippen LogP contribution in [-0.4, -0.2) is 48.3 Å². The molecule has 1 atom stereocenters. The van der Waals surface area contributed by atoms with Gasteiger partial charge >= 0.3 is 0 Å². The molecule has 1 unspecified atom stereocenters. The van der Waals surface area contributed by atoms with E-state index in [2.05, 4.69) is 23.6 Å². The molecule has 0 bridgehead atoms. The first-order valence-electron chi connectivity index (χ1n) is 10.3. The monoisotopic (exact) mass is 408 g/mol. The molecule has 2 aliphatic heterocycles. The van der Waals surface area contributed by atoms with Crippen LogP contribution >= 0.6 is 0 Å². The van der Waals surface area contributed by atoms with Crippen LogP contribution in [0.5, 0.6) is 11.5 Å². The number of allylic oxidation sites excluding steroid dienone is 3. The molecule has 160 valence electrons. The van der Waals surface area contributed by atoms with Gasteiger partial charge in [-0.05, 0) is 69.4 Å². The molecule has 2 heterocycles. The molecular weight excluding hydrogens is 376 g/mol. The van der Waals surface area contributed by atoms with Crippen molar-refractivity contribution in [3.05, 3.63) is 59.5 Å². The minimum Gasteiger partial charge on any atom is -0.493 e. The Morgan fingerprint density at radius 3 is 2.63 bits per heavy atom. The molecule has 1 aromatic rings. The molecule has 1 saturated heterocycles. The Morgan fingerprint density at radius 1 is 1.30 bits per heavy atom. The first-order chi connectivity index (χ1) is 14.4. The van der Waals surface area contributed by atoms with E-state index in [0.717, 1.165) is 53.9 Å². The second-order valence-corrected chi connectivity index (χ2v) is 7.73. The van der Waals surface area contributed by atoms with Gasteiger partial charge in [-0.1, -0.05) is 12.7 Å². The van der Waals surface area contributed by atoms with Crippen molar-refractivity contribution in [2.24, 2.45) is 5.10 Å². The zero-order valence-electron chi connectivity index (χ0n) is 18.7. The fourth-order valence-electron chi connectivity index (χ4n) is 4.14. The summed E-state index contributed by atoms with van der Waals surface area (Å²) in [5.74, 6) is 2.01. The summed E-state index contributed by atoms with van der Waals surface area (Å²) in [5.41, 5.74) is 4.95. The maximum atomic E-state index is 8.12. The first kappa shape index (κ1) is 21.7. The Labute approximate surface area is 179 Å². The predicted molar refractivity (Wildman–Crippen MR) is 122 cm³/mol. The standard InChI is InChI=1S/C24H32N4O2/c1-7-10-28-17(3)16(2)12-22(26-28)21-15-24(30-6)23(29-5)14-19(21)13-20-9-8-11-27(20)18(4)25/h7,10,12,14-15,20,25H,3,8-9,11,13H2,1-2,4-6H3. The number of likely N-dealkylation sites (tertiary alicyclic amines) is 1. The van der Waals surface area contributed by atoms with Crippen LogP contribution in [0.2, 0.25) is 0 Å². The second-order valence-electron chi connectivity index (χ2n) is 7.73. The van der Waals surface area contributed by atoms with E-state index in [4.69, 9.17) is 20.0 Å². The Hall–Kier alpha value is -3.02. The van der Waals surface area contributed by atoms with Crippen molar-refractivity contribution < 1.29 is 9.47 Å². The highest BCUT2D eigenvalue weighted by Crippen LogP contribution is 2.35. The van der Waals surface area contributed by atoms with Gasteiger partial charge in [0.25, 0.3) is 0 Å². The lowest BCUT2D eigenvalue weighted by molar-refractivity contribution is 0.352. The summed E-state index contributed by atoms with van der Waals surface area (Å²) < 4.78 is 11.2. The summed E-state index contributed by atoms with van der Waals surface area (Å²) >= 11 is 0. The highest BCUT2D eigenvalue weighted by atomic mass is 16.5. The largest absolute Gasteiger partial charge is 0.493 e. The summed E-state index contributed by atoms with van der Waals surface area (Å²) in [6.45, 7) is 11.0. The lowest BCUT2D eigenvalue weighted by Crippen LogP contribution is -2.35. The fraction of sp³-hybridized carbons (Fsp3) is 0.417. The van der Waals surface area contributed by atoms with Gasteiger partial charge in [-0.25, -0.2) is 5.01 Å². The van der Waals surface area contributed by atoms with Gasteiger partial charge < -0.3 is 14.4 Å². The Morgan fingerprint density at radius 2 is 2.00 bits per heavy atom. The average Bonchev–Trinajstić information content (AvgIpc) is 3.19. The Kier molecular flexibility index (Phi) is 6.65. The predicted octanol–water partition coefficient (Wildman–Crippen LogP) is 4.72. The summed E-state index contributed by atoms with van der Waals surface area (Å²) in [5, 5.41) is 14.8. The van der Waals surface area contributed by atoms with Crippen molar-refractivity contribution in [1.29, 1.82) is 5.41 Å². The first-order valence-corrected chi connectivity index (χ1v) is 10.3. The zero-order chi connectivity index (χ0) is 21.8. The van der Waals surface area contributed by atoms with Gasteiger partial charge in [0.15, 0.2) is 11.5 Å². The molecule has 1 N–H and O–H groups in total. The number of hydrazone groups is 1. The van der Waals surface area contributed by atoms with Gasteiger partial charge in [-0.15, -0.1) is 0 Å². The SMILES string of the molecule is C=C1C(C)=CC(c2cc(OC)c(OC)cc2CC2CCCN2C(C)=N)=NN1C=CC. The van der Waals surface area contributed by atoms with E-state index in [0.29, 0.717) is 23.4 Å². The number of benzene rings is 1. The van der Waals surface area contributed by atoms with E-state index in [9.17, 15) is 0 Å². The minimum absolute atomic E-state index is 0.301. The highest BCUT2D eigenvalue weighted by molar-refractivity contribution is 6.11. The molecule has 0 saturated carbocycles. The minimum atomic E-state index is 0.301. The van der Waals surface area contributed by atoms with Gasteiger partial charge in [0.2, 0.25) is 0 Å². The topological polar surface area (TPSA) is 61.2 Å². The van der Waals surface area contributed by atoms with E-state index < -0.39 is 0 Å². The molecule has 0 aliphatic carbocycles. The lowest BCUT2D eigenvalue weighted by atomic mass is 9.93. The molecular formula is C24H32N4O2. The molecule has 0 aromatic heterocycles. The second kappa shape index (κ2) is 9.20.